The van der Waals surface area contributed by atoms with Crippen molar-refractivity contribution in [1.82, 2.24) is 4.57 Å². The second-order valence-corrected chi connectivity index (χ2v) is 11.0. The molecule has 0 saturated heterocycles. The maximum Gasteiger partial charge on any atom is 0.338 e. The zero-order chi connectivity index (χ0) is 29.1. The molecule has 10 heteroatoms. The average molecular weight is 638 g/mol. The molecule has 0 unspecified atom stereocenters. The van der Waals surface area contributed by atoms with Gasteiger partial charge in [-0.05, 0) is 77.3 Å². The van der Waals surface area contributed by atoms with Gasteiger partial charge in [-0.3, -0.25) is 9.36 Å². The number of aromatic nitrogens is 1. The maximum absolute atomic E-state index is 14.0. The number of halogens is 2. The molecule has 2 heterocycles. The number of allylic oxidation sites excluding steroid dienone is 1. The average Bonchev–Trinajstić information content (AvgIpc) is 3.26. The molecule has 1 aliphatic heterocycles. The summed E-state index contributed by atoms with van der Waals surface area (Å²) in [4.78, 5) is 32.2. The Kier molecular flexibility index (Phi) is 8.51. The van der Waals surface area contributed by atoms with E-state index in [-0.39, 0.29) is 24.6 Å². The molecule has 1 atom stereocenters. The van der Waals surface area contributed by atoms with Gasteiger partial charge in [0.1, 0.15) is 23.9 Å². The second-order valence-electron chi connectivity index (χ2n) is 9.15. The minimum absolute atomic E-state index is 0.188. The molecular weight excluding hydrogens is 611 g/mol. The van der Waals surface area contributed by atoms with E-state index < -0.39 is 12.0 Å². The Bertz CT molecular complexity index is 1830. The predicted molar refractivity (Wildman–Crippen MR) is 158 cm³/mol. The number of hydrogen-bond acceptors (Lipinski definition) is 7. The van der Waals surface area contributed by atoms with E-state index in [9.17, 15) is 14.0 Å². The molecule has 5 rings (SSSR count). The number of esters is 1. The summed E-state index contributed by atoms with van der Waals surface area (Å²) in [5, 5.41) is 0. The van der Waals surface area contributed by atoms with Crippen molar-refractivity contribution >= 4 is 39.3 Å². The Labute approximate surface area is 248 Å². The Hall–Kier alpha value is -4.02. The van der Waals surface area contributed by atoms with Crippen LogP contribution in [-0.4, -0.2) is 24.3 Å². The number of fused-ring (bicyclic) bond motifs is 1. The largest absolute Gasteiger partial charge is 0.496 e. The molecule has 0 saturated carbocycles. The Morgan fingerprint density at radius 3 is 2.59 bits per heavy atom. The standard InChI is InChI=1S/C31H26BrFN2O5S/c1-4-39-30(37)27-18(2)34-31-35(28(27)21-11-14-25(38-3)23(32)15-21)29(36)26(41-31)16-20-7-5-6-8-24(20)40-17-19-9-12-22(33)13-10-19/h5-16,28H,4,17H2,1-3H3/b26-16+/t28-/m0/s1. The number of carbonyl (C=O) groups excluding carboxylic acids is 1. The lowest BCUT2D eigenvalue weighted by atomic mass is 9.96. The fraction of sp³-hybridized carbons (Fsp3) is 0.194. The Balaban J connectivity index is 1.60. The number of hydrogen-bond donors (Lipinski definition) is 0. The molecule has 1 aliphatic rings. The number of nitrogens with zero attached hydrogens (tertiary/aromatic N) is 2. The van der Waals surface area contributed by atoms with E-state index in [1.54, 1.807) is 45.2 Å². The highest BCUT2D eigenvalue weighted by Gasteiger charge is 2.33. The SMILES string of the molecule is CCOC(=O)C1=C(C)N=c2s/c(=C/c3ccccc3OCc3ccc(F)cc3)c(=O)n2[C@H]1c1ccc(OC)c(Br)c1. The number of rotatable bonds is 8. The van der Waals surface area contributed by atoms with Crippen LogP contribution in [0.25, 0.3) is 6.08 Å². The first-order valence-corrected chi connectivity index (χ1v) is 14.4. The quantitative estimate of drug-likeness (QED) is 0.246. The minimum Gasteiger partial charge on any atom is -0.496 e. The minimum atomic E-state index is -0.750. The first-order chi connectivity index (χ1) is 19.8. The van der Waals surface area contributed by atoms with Crippen molar-refractivity contribution in [3.8, 4) is 11.5 Å². The molecular formula is C31H26BrFN2O5S. The zero-order valence-electron chi connectivity index (χ0n) is 22.5. The van der Waals surface area contributed by atoms with Crippen molar-refractivity contribution < 1.29 is 23.4 Å². The van der Waals surface area contributed by atoms with E-state index in [4.69, 9.17) is 14.2 Å². The van der Waals surface area contributed by atoms with Gasteiger partial charge in [0.05, 0.1) is 40.0 Å². The normalized spacial score (nSPS) is 14.9. The third kappa shape index (κ3) is 5.89. The van der Waals surface area contributed by atoms with Gasteiger partial charge >= 0.3 is 5.97 Å². The van der Waals surface area contributed by atoms with Gasteiger partial charge in [0.2, 0.25) is 0 Å². The van der Waals surface area contributed by atoms with E-state index in [2.05, 4.69) is 20.9 Å². The Morgan fingerprint density at radius 2 is 1.88 bits per heavy atom. The molecule has 0 radical (unpaired) electrons. The highest BCUT2D eigenvalue weighted by molar-refractivity contribution is 9.10. The van der Waals surface area contributed by atoms with Crippen molar-refractivity contribution in [1.29, 1.82) is 0 Å². The van der Waals surface area contributed by atoms with Crippen molar-refractivity contribution in [2.75, 3.05) is 13.7 Å². The fourth-order valence-electron chi connectivity index (χ4n) is 4.57. The number of thiazole rings is 1. The molecule has 0 amide bonds. The van der Waals surface area contributed by atoms with Crippen molar-refractivity contribution in [3.63, 3.8) is 0 Å². The lowest BCUT2D eigenvalue weighted by Crippen LogP contribution is -2.40. The van der Waals surface area contributed by atoms with Gasteiger partial charge in [-0.25, -0.2) is 14.2 Å². The highest BCUT2D eigenvalue weighted by Crippen LogP contribution is 2.35. The molecule has 0 N–H and O–H groups in total. The second kappa shape index (κ2) is 12.2. The fourth-order valence-corrected chi connectivity index (χ4v) is 6.17. The topological polar surface area (TPSA) is 79.1 Å². The van der Waals surface area contributed by atoms with Crippen LogP contribution in [0.4, 0.5) is 4.39 Å². The van der Waals surface area contributed by atoms with Crippen LogP contribution in [0, 0.1) is 5.82 Å². The lowest BCUT2D eigenvalue weighted by Gasteiger charge is -2.25. The summed E-state index contributed by atoms with van der Waals surface area (Å²) in [7, 11) is 1.57. The number of benzene rings is 3. The molecule has 0 spiro atoms. The lowest BCUT2D eigenvalue weighted by molar-refractivity contribution is -0.139. The summed E-state index contributed by atoms with van der Waals surface area (Å²) >= 11 is 4.75. The van der Waals surface area contributed by atoms with Gasteiger partial charge < -0.3 is 14.2 Å². The molecule has 0 aliphatic carbocycles. The van der Waals surface area contributed by atoms with E-state index >= 15 is 0 Å². The number of ether oxygens (including phenoxy) is 3. The van der Waals surface area contributed by atoms with Crippen LogP contribution in [0.15, 0.2) is 92.3 Å². The third-order valence-corrected chi connectivity index (χ3v) is 8.12. The summed E-state index contributed by atoms with van der Waals surface area (Å²) in [6.07, 6.45) is 1.76. The van der Waals surface area contributed by atoms with E-state index in [0.717, 1.165) is 5.56 Å². The molecule has 210 valence electrons. The van der Waals surface area contributed by atoms with Gasteiger partial charge in [-0.2, -0.15) is 0 Å². The summed E-state index contributed by atoms with van der Waals surface area (Å²) in [6, 6.07) is 18.1. The summed E-state index contributed by atoms with van der Waals surface area (Å²) in [6.45, 7) is 3.90. The monoisotopic (exact) mass is 636 g/mol. The van der Waals surface area contributed by atoms with Crippen molar-refractivity contribution in [2.45, 2.75) is 26.5 Å². The molecule has 4 aromatic rings. The summed E-state index contributed by atoms with van der Waals surface area (Å²) in [5.41, 5.74) is 2.69. The molecule has 0 bridgehead atoms. The number of para-hydroxylation sites is 1. The van der Waals surface area contributed by atoms with Crippen LogP contribution >= 0.6 is 27.3 Å². The molecule has 7 nitrogen and oxygen atoms in total. The smallest absolute Gasteiger partial charge is 0.338 e. The van der Waals surface area contributed by atoms with Gasteiger partial charge in [0.25, 0.3) is 5.56 Å². The summed E-state index contributed by atoms with van der Waals surface area (Å²) in [5.74, 6) is 0.351. The van der Waals surface area contributed by atoms with Crippen LogP contribution in [-0.2, 0) is 16.1 Å². The van der Waals surface area contributed by atoms with Crippen molar-refractivity contribution in [3.05, 3.63) is 125 Å². The third-order valence-electron chi connectivity index (χ3n) is 6.52. The van der Waals surface area contributed by atoms with Gasteiger partial charge in [-0.15, -0.1) is 0 Å². The van der Waals surface area contributed by atoms with E-state index in [1.807, 2.05) is 36.4 Å². The van der Waals surface area contributed by atoms with Gasteiger partial charge in [0.15, 0.2) is 4.80 Å². The van der Waals surface area contributed by atoms with E-state index in [0.29, 0.717) is 47.7 Å². The van der Waals surface area contributed by atoms with Gasteiger partial charge in [-0.1, -0.05) is 47.7 Å². The number of carbonyl (C=O) groups is 1. The number of methoxy groups -OCH3 is 1. The predicted octanol–water partition coefficient (Wildman–Crippen LogP) is 5.29. The molecule has 1 aromatic heterocycles. The molecule has 3 aromatic carbocycles. The van der Waals surface area contributed by atoms with Crippen LogP contribution < -0.4 is 24.4 Å². The van der Waals surface area contributed by atoms with Crippen LogP contribution in [0.3, 0.4) is 0 Å². The van der Waals surface area contributed by atoms with Crippen LogP contribution in [0.2, 0.25) is 0 Å². The molecule has 41 heavy (non-hydrogen) atoms. The molecule has 0 fully saturated rings. The highest BCUT2D eigenvalue weighted by atomic mass is 79.9. The van der Waals surface area contributed by atoms with Crippen molar-refractivity contribution in [2.24, 2.45) is 4.99 Å². The Morgan fingerprint density at radius 1 is 1.12 bits per heavy atom. The first kappa shape index (κ1) is 28.5. The van der Waals surface area contributed by atoms with Crippen LogP contribution in [0.5, 0.6) is 11.5 Å². The summed E-state index contributed by atoms with van der Waals surface area (Å²) < 4.78 is 32.7. The maximum atomic E-state index is 14.0. The van der Waals surface area contributed by atoms with Gasteiger partial charge in [0, 0.05) is 5.56 Å². The first-order valence-electron chi connectivity index (χ1n) is 12.8. The van der Waals surface area contributed by atoms with Crippen LogP contribution in [0.1, 0.15) is 36.6 Å². The zero-order valence-corrected chi connectivity index (χ0v) is 24.9. The van der Waals surface area contributed by atoms with E-state index in [1.165, 1.54) is 28.0 Å².